The number of rotatable bonds is 5. The van der Waals surface area contributed by atoms with Crippen LogP contribution < -0.4 is 0 Å². The van der Waals surface area contributed by atoms with Gasteiger partial charge in [-0.25, -0.2) is 4.79 Å². The van der Waals surface area contributed by atoms with E-state index in [0.717, 1.165) is 6.42 Å². The van der Waals surface area contributed by atoms with Crippen molar-refractivity contribution in [2.75, 3.05) is 26.2 Å². The predicted molar refractivity (Wildman–Crippen MR) is 119 cm³/mol. The summed E-state index contributed by atoms with van der Waals surface area (Å²) in [6.45, 7) is 7.91. The fourth-order valence-corrected chi connectivity index (χ4v) is 5.31. The molecule has 2 aromatic rings. The summed E-state index contributed by atoms with van der Waals surface area (Å²) in [7, 11) is 0. The van der Waals surface area contributed by atoms with Crippen LogP contribution in [0.3, 0.4) is 0 Å². The maximum Gasteiger partial charge on any atom is 0.336 e. The summed E-state index contributed by atoms with van der Waals surface area (Å²) in [6, 6.07) is 3.61. The van der Waals surface area contributed by atoms with Gasteiger partial charge in [0.05, 0.1) is 34.3 Å². The summed E-state index contributed by atoms with van der Waals surface area (Å²) >= 11 is 0. The zero-order chi connectivity index (χ0) is 24.1. The molecule has 1 N–H and O–H groups in total. The van der Waals surface area contributed by atoms with Gasteiger partial charge in [0.1, 0.15) is 19.0 Å². The molecule has 1 spiro atoms. The fraction of sp³-hybridized carbons (Fsp3) is 0.565. The summed E-state index contributed by atoms with van der Waals surface area (Å²) in [5.41, 5.74) is 1.53. The van der Waals surface area contributed by atoms with E-state index in [4.69, 9.17) is 4.74 Å². The minimum atomic E-state index is -0.810. The number of tetrazole rings is 1. The van der Waals surface area contributed by atoms with E-state index in [-0.39, 0.29) is 18.5 Å². The number of hydrogen-bond acceptors (Lipinski definition) is 9. The average Bonchev–Trinajstić information content (AvgIpc) is 3.56. The Bertz CT molecular complexity index is 1120. The second-order valence-electron chi connectivity index (χ2n) is 9.87. The van der Waals surface area contributed by atoms with Crippen LogP contribution in [0, 0.1) is 5.41 Å². The highest BCUT2D eigenvalue weighted by molar-refractivity contribution is 5.94. The normalized spacial score (nSPS) is 22.1. The van der Waals surface area contributed by atoms with Gasteiger partial charge in [-0.3, -0.25) is 14.7 Å². The smallest absolute Gasteiger partial charge is 0.336 e. The first-order valence-electron chi connectivity index (χ1n) is 11.5. The molecule has 0 bridgehead atoms. The molecule has 1 unspecified atom stereocenters. The van der Waals surface area contributed by atoms with Crippen LogP contribution in [0.1, 0.15) is 51.8 Å². The second-order valence-corrected chi connectivity index (χ2v) is 9.87. The third kappa shape index (κ3) is 3.59. The summed E-state index contributed by atoms with van der Waals surface area (Å²) in [4.78, 5) is 33.6. The number of hydrogen-bond donors (Lipinski definition) is 1. The summed E-state index contributed by atoms with van der Waals surface area (Å²) < 4.78 is 6.62. The van der Waals surface area contributed by atoms with Crippen LogP contribution in [0.15, 0.2) is 35.9 Å². The first-order valence-corrected chi connectivity index (χ1v) is 11.5. The molecule has 0 aliphatic carbocycles. The van der Waals surface area contributed by atoms with Crippen molar-refractivity contribution in [1.82, 2.24) is 35.0 Å². The third-order valence-electron chi connectivity index (χ3n) is 7.79. The van der Waals surface area contributed by atoms with E-state index >= 15 is 0 Å². The number of amides is 1. The number of aliphatic hydroxyl groups is 1. The number of cyclic esters (lactones) is 1. The molecule has 2 saturated heterocycles. The molecular formula is C23H29N7O4. The molecule has 0 aromatic carbocycles. The number of pyridine rings is 1. The third-order valence-corrected chi connectivity index (χ3v) is 7.79. The lowest BCUT2D eigenvalue weighted by molar-refractivity contribution is -0.140. The van der Waals surface area contributed by atoms with E-state index in [1.54, 1.807) is 24.1 Å². The molecule has 11 heteroatoms. The lowest BCUT2D eigenvalue weighted by Gasteiger charge is -2.47. The monoisotopic (exact) mass is 467 g/mol. The second kappa shape index (κ2) is 8.24. The first kappa shape index (κ1) is 22.6. The van der Waals surface area contributed by atoms with Gasteiger partial charge < -0.3 is 14.7 Å². The Balaban J connectivity index is 1.26. The number of aromatic nitrogens is 5. The van der Waals surface area contributed by atoms with Crippen LogP contribution in [-0.4, -0.2) is 83.8 Å². The standard InChI is InChI=1S/C23H29N7O4/c1-15-18(13-34-20(15)32)29-11-8-23(21(29)33)6-9-28(10-7-23)22(2,3)19(31)17-5-4-16(12-24-17)30-14-25-26-27-30/h4-5,12,14,19,31H,6-11,13H2,1-3H3. The number of nitrogens with zero attached hydrogens (tertiary/aromatic N) is 7. The molecule has 11 nitrogen and oxygen atoms in total. The van der Waals surface area contributed by atoms with Gasteiger partial charge in [0.25, 0.3) is 0 Å². The first-order chi connectivity index (χ1) is 16.2. The molecule has 0 saturated carbocycles. The zero-order valence-corrected chi connectivity index (χ0v) is 19.6. The van der Waals surface area contributed by atoms with E-state index in [0.29, 0.717) is 55.1 Å². The minimum absolute atomic E-state index is 0.0954. The van der Waals surface area contributed by atoms with Gasteiger partial charge in [0.15, 0.2) is 0 Å². The van der Waals surface area contributed by atoms with Gasteiger partial charge in [-0.15, -0.1) is 5.10 Å². The highest BCUT2D eigenvalue weighted by atomic mass is 16.5. The van der Waals surface area contributed by atoms with Crippen molar-refractivity contribution in [2.45, 2.75) is 51.7 Å². The Morgan fingerprint density at radius 3 is 2.47 bits per heavy atom. The van der Waals surface area contributed by atoms with Crippen LogP contribution >= 0.6 is 0 Å². The minimum Gasteiger partial charge on any atom is -0.456 e. The van der Waals surface area contributed by atoms with E-state index in [1.807, 2.05) is 19.9 Å². The van der Waals surface area contributed by atoms with E-state index in [2.05, 4.69) is 25.4 Å². The van der Waals surface area contributed by atoms with Crippen LogP contribution in [0.2, 0.25) is 0 Å². The number of piperidine rings is 1. The number of carbonyl (C=O) groups is 2. The highest BCUT2D eigenvalue weighted by Gasteiger charge is 2.51. The molecule has 5 heterocycles. The summed E-state index contributed by atoms with van der Waals surface area (Å²) in [5.74, 6) is -0.244. The topological polar surface area (TPSA) is 127 Å². The van der Waals surface area contributed by atoms with E-state index in [9.17, 15) is 14.7 Å². The maximum absolute atomic E-state index is 13.4. The lowest BCUT2D eigenvalue weighted by atomic mass is 9.75. The molecular weight excluding hydrogens is 438 g/mol. The Hall–Kier alpha value is -3.18. The van der Waals surface area contributed by atoms with E-state index in [1.165, 1.54) is 11.0 Å². The number of likely N-dealkylation sites (tertiary alicyclic amines) is 2. The Labute approximate surface area is 197 Å². The van der Waals surface area contributed by atoms with Crippen molar-refractivity contribution in [2.24, 2.45) is 5.41 Å². The van der Waals surface area contributed by atoms with Crippen molar-refractivity contribution in [3.63, 3.8) is 0 Å². The Morgan fingerprint density at radius 2 is 1.88 bits per heavy atom. The molecule has 5 rings (SSSR count). The van der Waals surface area contributed by atoms with Crippen molar-refractivity contribution >= 4 is 11.9 Å². The van der Waals surface area contributed by atoms with E-state index < -0.39 is 17.1 Å². The van der Waals surface area contributed by atoms with Gasteiger partial charge >= 0.3 is 5.97 Å². The number of carbonyl (C=O) groups excluding carboxylic acids is 2. The van der Waals surface area contributed by atoms with Crippen molar-refractivity contribution < 1.29 is 19.4 Å². The number of esters is 1. The predicted octanol–water partition coefficient (Wildman–Crippen LogP) is 1.01. The average molecular weight is 468 g/mol. The SMILES string of the molecule is CC1=C(N2CCC3(CCN(C(C)(C)C(O)c4ccc(-n5cnnn5)cn4)CC3)C2=O)COC1=O. The zero-order valence-electron chi connectivity index (χ0n) is 19.6. The molecule has 2 aromatic heterocycles. The molecule has 1 amide bonds. The molecule has 3 aliphatic heterocycles. The molecule has 1 atom stereocenters. The largest absolute Gasteiger partial charge is 0.456 e. The Morgan fingerprint density at radius 1 is 1.15 bits per heavy atom. The van der Waals surface area contributed by atoms with Gasteiger partial charge in [-0.2, -0.15) is 4.68 Å². The maximum atomic E-state index is 13.4. The van der Waals surface area contributed by atoms with Crippen molar-refractivity contribution in [3.8, 4) is 5.69 Å². The summed E-state index contributed by atoms with van der Waals surface area (Å²) in [5, 5.41) is 22.3. The van der Waals surface area contributed by atoms with Crippen LogP contribution in [0.4, 0.5) is 0 Å². The number of aliphatic hydroxyl groups excluding tert-OH is 1. The Kier molecular flexibility index (Phi) is 5.48. The van der Waals surface area contributed by atoms with Gasteiger partial charge in [-0.05, 0) is 75.7 Å². The molecule has 0 radical (unpaired) electrons. The quantitative estimate of drug-likeness (QED) is 0.641. The summed E-state index contributed by atoms with van der Waals surface area (Å²) in [6.07, 6.45) is 4.51. The van der Waals surface area contributed by atoms with Gasteiger partial charge in [-0.1, -0.05) is 0 Å². The van der Waals surface area contributed by atoms with Crippen LogP contribution in [0.5, 0.6) is 0 Å². The van der Waals surface area contributed by atoms with Crippen LogP contribution in [0.25, 0.3) is 5.69 Å². The molecule has 180 valence electrons. The number of ether oxygens (including phenoxy) is 1. The van der Waals surface area contributed by atoms with Crippen molar-refractivity contribution in [3.05, 3.63) is 41.6 Å². The van der Waals surface area contributed by atoms with Gasteiger partial charge in [0.2, 0.25) is 5.91 Å². The highest BCUT2D eigenvalue weighted by Crippen LogP contribution is 2.45. The lowest BCUT2D eigenvalue weighted by Crippen LogP contribution is -2.54. The molecule has 2 fully saturated rings. The van der Waals surface area contributed by atoms with Crippen LogP contribution in [-0.2, 0) is 14.3 Å². The van der Waals surface area contributed by atoms with Crippen molar-refractivity contribution in [1.29, 1.82) is 0 Å². The molecule has 3 aliphatic rings. The fourth-order valence-electron chi connectivity index (χ4n) is 5.31. The molecule has 34 heavy (non-hydrogen) atoms. The van der Waals surface area contributed by atoms with Gasteiger partial charge in [0, 0.05) is 12.1 Å².